The first-order chi connectivity index (χ1) is 6.91. The Bertz CT molecular complexity index is 265. The third-order valence-corrected chi connectivity index (χ3v) is 2.89. The molecule has 0 bridgehead atoms. The molecule has 86 valence electrons. The summed E-state index contributed by atoms with van der Waals surface area (Å²) in [6.45, 7) is 6.06. The zero-order chi connectivity index (χ0) is 11.6. The Morgan fingerprint density at radius 3 is 2.47 bits per heavy atom. The summed E-state index contributed by atoms with van der Waals surface area (Å²) in [4.78, 5) is 24.6. The van der Waals surface area contributed by atoms with Gasteiger partial charge in [-0.1, -0.05) is 6.92 Å². The van der Waals surface area contributed by atoms with Crippen LogP contribution < -0.4 is 0 Å². The molecule has 4 heteroatoms. The highest BCUT2D eigenvalue weighted by Gasteiger charge is 2.34. The molecular formula is C11H19NO3. The Kier molecular flexibility index (Phi) is 3.85. The maximum absolute atomic E-state index is 11.7. The summed E-state index contributed by atoms with van der Waals surface area (Å²) >= 11 is 0. The van der Waals surface area contributed by atoms with Crippen LogP contribution in [0.2, 0.25) is 0 Å². The maximum Gasteiger partial charge on any atom is 0.324 e. The van der Waals surface area contributed by atoms with Gasteiger partial charge in [0.1, 0.15) is 6.04 Å². The van der Waals surface area contributed by atoms with Gasteiger partial charge in [-0.25, -0.2) is 0 Å². The molecule has 1 heterocycles. The number of ketones is 1. The second-order valence-electron chi connectivity index (χ2n) is 4.49. The van der Waals surface area contributed by atoms with Crippen LogP contribution in [0.4, 0.5) is 0 Å². The van der Waals surface area contributed by atoms with Crippen molar-refractivity contribution < 1.29 is 14.3 Å². The van der Waals surface area contributed by atoms with Gasteiger partial charge in [0.25, 0.3) is 0 Å². The fourth-order valence-corrected chi connectivity index (χ4v) is 1.87. The number of hydrogen-bond acceptors (Lipinski definition) is 4. The number of esters is 1. The highest BCUT2D eigenvalue weighted by atomic mass is 16.5. The molecule has 0 spiro atoms. The maximum atomic E-state index is 11.7. The molecule has 1 aliphatic rings. The minimum absolute atomic E-state index is 0.114. The Labute approximate surface area is 90.6 Å². The molecule has 0 aromatic carbocycles. The van der Waals surface area contributed by atoms with Gasteiger partial charge in [-0.3, -0.25) is 14.5 Å². The van der Waals surface area contributed by atoms with Crippen LogP contribution >= 0.6 is 0 Å². The first kappa shape index (κ1) is 12.2. The molecule has 0 radical (unpaired) electrons. The highest BCUT2D eigenvalue weighted by molar-refractivity contribution is 5.84. The summed E-state index contributed by atoms with van der Waals surface area (Å²) in [6.07, 6.45) is 0.196. The Hall–Kier alpha value is -0.900. The lowest BCUT2D eigenvalue weighted by atomic mass is 10.1. The first-order valence-electron chi connectivity index (χ1n) is 5.33. The van der Waals surface area contributed by atoms with Crippen LogP contribution in [0.1, 0.15) is 27.2 Å². The van der Waals surface area contributed by atoms with Gasteiger partial charge in [0.2, 0.25) is 0 Å². The number of likely N-dealkylation sites (tertiary alicyclic amines) is 1. The summed E-state index contributed by atoms with van der Waals surface area (Å²) < 4.78 is 5.08. The van der Waals surface area contributed by atoms with Gasteiger partial charge in [0.05, 0.1) is 0 Å². The molecule has 15 heavy (non-hydrogen) atoms. The van der Waals surface area contributed by atoms with E-state index in [0.29, 0.717) is 5.92 Å². The van der Waals surface area contributed by atoms with E-state index in [9.17, 15) is 9.59 Å². The third-order valence-electron chi connectivity index (χ3n) is 2.89. The third kappa shape index (κ3) is 3.02. The van der Waals surface area contributed by atoms with Crippen LogP contribution in [0.5, 0.6) is 0 Å². The highest BCUT2D eigenvalue weighted by Crippen LogP contribution is 2.22. The molecule has 0 N–H and O–H groups in total. The number of nitrogens with zero attached hydrogens (tertiary/aromatic N) is 1. The second kappa shape index (κ2) is 4.75. The lowest BCUT2D eigenvalue weighted by Crippen LogP contribution is -2.37. The fraction of sp³-hybridized carbons (Fsp3) is 0.818. The quantitative estimate of drug-likeness (QED) is 0.652. The summed E-state index contributed by atoms with van der Waals surface area (Å²) in [5.74, 6) is 0.127. The van der Waals surface area contributed by atoms with Gasteiger partial charge in [0.15, 0.2) is 11.9 Å². The van der Waals surface area contributed by atoms with Crippen LogP contribution in [0.3, 0.4) is 0 Å². The van der Waals surface area contributed by atoms with Crippen molar-refractivity contribution in [2.45, 2.75) is 39.3 Å². The van der Waals surface area contributed by atoms with Crippen LogP contribution in [-0.2, 0) is 14.3 Å². The Morgan fingerprint density at radius 1 is 1.47 bits per heavy atom. The second-order valence-corrected chi connectivity index (χ2v) is 4.49. The van der Waals surface area contributed by atoms with Crippen LogP contribution in [0, 0.1) is 5.92 Å². The predicted molar refractivity (Wildman–Crippen MR) is 56.4 cm³/mol. The molecule has 3 unspecified atom stereocenters. The van der Waals surface area contributed by atoms with Gasteiger partial charge in [-0.05, 0) is 33.2 Å². The van der Waals surface area contributed by atoms with Crippen LogP contribution in [0.25, 0.3) is 0 Å². The Balaban J connectivity index is 2.50. The van der Waals surface area contributed by atoms with Gasteiger partial charge in [0, 0.05) is 6.54 Å². The number of carbonyl (C=O) groups excluding carboxylic acids is 2. The molecule has 1 saturated heterocycles. The van der Waals surface area contributed by atoms with E-state index in [-0.39, 0.29) is 17.8 Å². The summed E-state index contributed by atoms with van der Waals surface area (Å²) in [5, 5.41) is 0. The SMILES string of the molecule is CC(=O)C(C)OC(=O)C1CC(C)CN1C. The number of likely N-dealkylation sites (N-methyl/N-ethyl adjacent to an activating group) is 1. The smallest absolute Gasteiger partial charge is 0.324 e. The average molecular weight is 213 g/mol. The minimum atomic E-state index is -0.623. The molecule has 0 amide bonds. The molecule has 4 nitrogen and oxygen atoms in total. The molecule has 1 aliphatic heterocycles. The van der Waals surface area contributed by atoms with E-state index in [4.69, 9.17) is 4.74 Å². The minimum Gasteiger partial charge on any atom is -0.454 e. The van der Waals surface area contributed by atoms with E-state index < -0.39 is 6.10 Å². The van der Waals surface area contributed by atoms with Gasteiger partial charge < -0.3 is 4.74 Å². The van der Waals surface area contributed by atoms with Gasteiger partial charge >= 0.3 is 5.97 Å². The van der Waals surface area contributed by atoms with Gasteiger partial charge in [-0.2, -0.15) is 0 Å². The van der Waals surface area contributed by atoms with E-state index in [1.807, 2.05) is 11.9 Å². The lowest BCUT2D eigenvalue weighted by molar-refractivity contribution is -0.157. The summed E-state index contributed by atoms with van der Waals surface area (Å²) in [6, 6.07) is -0.179. The van der Waals surface area contributed by atoms with E-state index in [1.165, 1.54) is 6.92 Å². The average Bonchev–Trinajstić information content (AvgIpc) is 2.44. The number of hydrogen-bond donors (Lipinski definition) is 0. The Morgan fingerprint density at radius 2 is 2.07 bits per heavy atom. The number of rotatable bonds is 3. The monoisotopic (exact) mass is 213 g/mol. The number of carbonyl (C=O) groups is 2. The van der Waals surface area contributed by atoms with Crippen molar-refractivity contribution in [3.8, 4) is 0 Å². The number of Topliss-reactive ketones (excluding diaryl/α,β-unsaturated/α-hetero) is 1. The van der Waals surface area contributed by atoms with Crippen molar-refractivity contribution in [2.75, 3.05) is 13.6 Å². The topological polar surface area (TPSA) is 46.6 Å². The van der Waals surface area contributed by atoms with E-state index in [2.05, 4.69) is 6.92 Å². The van der Waals surface area contributed by atoms with E-state index in [1.54, 1.807) is 6.92 Å². The zero-order valence-electron chi connectivity index (χ0n) is 9.82. The molecule has 0 aliphatic carbocycles. The van der Waals surface area contributed by atoms with Crippen LogP contribution in [-0.4, -0.2) is 42.4 Å². The van der Waals surface area contributed by atoms with Crippen molar-refractivity contribution in [3.63, 3.8) is 0 Å². The molecule has 1 fully saturated rings. The van der Waals surface area contributed by atoms with Crippen molar-refractivity contribution in [2.24, 2.45) is 5.92 Å². The van der Waals surface area contributed by atoms with Crippen LogP contribution in [0.15, 0.2) is 0 Å². The van der Waals surface area contributed by atoms with Crippen molar-refractivity contribution in [1.29, 1.82) is 0 Å². The van der Waals surface area contributed by atoms with Crippen molar-refractivity contribution in [1.82, 2.24) is 4.90 Å². The van der Waals surface area contributed by atoms with Crippen molar-refractivity contribution >= 4 is 11.8 Å². The summed E-state index contributed by atoms with van der Waals surface area (Å²) in [5.41, 5.74) is 0. The zero-order valence-corrected chi connectivity index (χ0v) is 9.82. The predicted octanol–water partition coefficient (Wildman–Crippen LogP) is 0.847. The van der Waals surface area contributed by atoms with E-state index >= 15 is 0 Å². The van der Waals surface area contributed by atoms with Gasteiger partial charge in [-0.15, -0.1) is 0 Å². The largest absolute Gasteiger partial charge is 0.454 e. The molecule has 0 aromatic heterocycles. The van der Waals surface area contributed by atoms with Crippen molar-refractivity contribution in [3.05, 3.63) is 0 Å². The van der Waals surface area contributed by atoms with E-state index in [0.717, 1.165) is 13.0 Å². The standard InChI is InChI=1S/C11H19NO3/c1-7-5-10(12(4)6-7)11(14)15-9(3)8(2)13/h7,9-10H,5-6H2,1-4H3. The molecule has 0 aromatic rings. The molecule has 3 atom stereocenters. The lowest BCUT2D eigenvalue weighted by Gasteiger charge is -2.19. The molecular weight excluding hydrogens is 194 g/mol. The summed E-state index contributed by atoms with van der Waals surface area (Å²) in [7, 11) is 1.91. The normalized spacial score (nSPS) is 28.8. The fourth-order valence-electron chi connectivity index (χ4n) is 1.87. The first-order valence-corrected chi connectivity index (χ1v) is 5.33. The molecule has 1 rings (SSSR count). The molecule has 0 saturated carbocycles. The number of ether oxygens (including phenoxy) is 1.